The van der Waals surface area contributed by atoms with Crippen LogP contribution in [0.5, 0.6) is 0 Å². The number of rotatable bonds is 5. The minimum atomic E-state index is 0.244. The maximum Gasteiger partial charge on any atom is 0.0473 e. The number of nitrogens with two attached hydrogens (primary N) is 1. The van der Waals surface area contributed by atoms with E-state index in [-0.39, 0.29) is 6.04 Å². The second-order valence-electron chi connectivity index (χ2n) is 5.65. The number of likely N-dealkylation sites (N-methyl/N-ethyl adjacent to an activating group) is 1. The second kappa shape index (κ2) is 7.21. The van der Waals surface area contributed by atoms with Crippen molar-refractivity contribution in [1.82, 2.24) is 4.90 Å². The van der Waals surface area contributed by atoms with Crippen molar-refractivity contribution in [2.45, 2.75) is 26.4 Å². The molecule has 0 aliphatic carbocycles. The predicted molar refractivity (Wildman–Crippen MR) is 93.3 cm³/mol. The molecule has 2 aromatic rings. The molecule has 1 unspecified atom stereocenters. The van der Waals surface area contributed by atoms with Gasteiger partial charge in [-0.15, -0.1) is 0 Å². The van der Waals surface area contributed by atoms with Gasteiger partial charge in [0, 0.05) is 23.6 Å². The van der Waals surface area contributed by atoms with Gasteiger partial charge < -0.3 is 5.73 Å². The number of halogens is 1. The van der Waals surface area contributed by atoms with Crippen molar-refractivity contribution in [3.8, 4) is 0 Å². The SMILES string of the molecule is Cc1ccc(C)c(C(CN)N(C)Cc2ccc(Br)cc2)c1. The summed E-state index contributed by atoms with van der Waals surface area (Å²) in [5, 5.41) is 0. The van der Waals surface area contributed by atoms with Crippen molar-refractivity contribution in [1.29, 1.82) is 0 Å². The van der Waals surface area contributed by atoms with Crippen LogP contribution < -0.4 is 5.73 Å². The molecule has 0 aliphatic rings. The zero-order valence-corrected chi connectivity index (χ0v) is 14.5. The first-order valence-electron chi connectivity index (χ1n) is 7.23. The molecule has 2 rings (SSSR count). The maximum absolute atomic E-state index is 6.05. The van der Waals surface area contributed by atoms with E-state index in [2.05, 4.69) is 84.2 Å². The van der Waals surface area contributed by atoms with Gasteiger partial charge in [-0.3, -0.25) is 4.90 Å². The predicted octanol–water partition coefficient (Wildman–Crippen LogP) is 4.20. The molecule has 2 nitrogen and oxygen atoms in total. The van der Waals surface area contributed by atoms with Crippen LogP contribution in [-0.4, -0.2) is 18.5 Å². The molecule has 0 saturated heterocycles. The molecule has 2 N–H and O–H groups in total. The van der Waals surface area contributed by atoms with Crippen molar-refractivity contribution >= 4 is 15.9 Å². The van der Waals surface area contributed by atoms with Crippen LogP contribution in [0.3, 0.4) is 0 Å². The highest BCUT2D eigenvalue weighted by molar-refractivity contribution is 9.10. The number of benzene rings is 2. The summed E-state index contributed by atoms with van der Waals surface area (Å²) in [7, 11) is 2.14. The van der Waals surface area contributed by atoms with E-state index in [1.165, 1.54) is 22.3 Å². The third-order valence-electron chi connectivity index (χ3n) is 3.89. The van der Waals surface area contributed by atoms with E-state index in [0.717, 1.165) is 11.0 Å². The van der Waals surface area contributed by atoms with Gasteiger partial charge in [-0.2, -0.15) is 0 Å². The summed E-state index contributed by atoms with van der Waals surface area (Å²) in [6, 6.07) is 15.3. The highest BCUT2D eigenvalue weighted by Crippen LogP contribution is 2.25. The third-order valence-corrected chi connectivity index (χ3v) is 4.42. The van der Waals surface area contributed by atoms with Gasteiger partial charge >= 0.3 is 0 Å². The molecule has 0 fully saturated rings. The first-order chi connectivity index (χ1) is 10.0. The molecular formula is C18H23BrN2. The minimum absolute atomic E-state index is 0.244. The largest absolute Gasteiger partial charge is 0.329 e. The Morgan fingerprint density at radius 2 is 1.76 bits per heavy atom. The normalized spacial score (nSPS) is 12.7. The Kier molecular flexibility index (Phi) is 5.57. The van der Waals surface area contributed by atoms with Crippen LogP contribution in [0, 0.1) is 13.8 Å². The molecule has 1 atom stereocenters. The lowest BCUT2D eigenvalue weighted by Crippen LogP contribution is -2.30. The molecule has 0 saturated carbocycles. The molecule has 21 heavy (non-hydrogen) atoms. The summed E-state index contributed by atoms with van der Waals surface area (Å²) < 4.78 is 1.11. The zero-order chi connectivity index (χ0) is 15.4. The lowest BCUT2D eigenvalue weighted by molar-refractivity contribution is 0.241. The molecular weight excluding hydrogens is 324 g/mol. The summed E-state index contributed by atoms with van der Waals surface area (Å²) >= 11 is 3.47. The van der Waals surface area contributed by atoms with E-state index in [1.807, 2.05) is 0 Å². The van der Waals surface area contributed by atoms with Gasteiger partial charge in [-0.1, -0.05) is 51.8 Å². The Hall–Kier alpha value is -1.16. The van der Waals surface area contributed by atoms with Crippen LogP contribution in [0.15, 0.2) is 46.9 Å². The summed E-state index contributed by atoms with van der Waals surface area (Å²) in [5.41, 5.74) is 11.3. The van der Waals surface area contributed by atoms with Crippen molar-refractivity contribution in [2.24, 2.45) is 5.73 Å². The fourth-order valence-electron chi connectivity index (χ4n) is 2.65. The topological polar surface area (TPSA) is 29.3 Å². The number of aryl methyl sites for hydroxylation is 2. The standard InChI is InChI=1S/C18H23BrN2/c1-13-4-5-14(2)17(10-13)18(11-20)21(3)12-15-6-8-16(19)9-7-15/h4-10,18H,11-12,20H2,1-3H3. The zero-order valence-electron chi connectivity index (χ0n) is 12.9. The molecule has 0 heterocycles. The van der Waals surface area contributed by atoms with E-state index in [4.69, 9.17) is 5.73 Å². The van der Waals surface area contributed by atoms with Crippen LogP contribution in [0.1, 0.15) is 28.3 Å². The van der Waals surface area contributed by atoms with Crippen LogP contribution in [0.25, 0.3) is 0 Å². The molecule has 3 heteroatoms. The molecule has 112 valence electrons. The van der Waals surface area contributed by atoms with E-state index in [1.54, 1.807) is 0 Å². The fourth-order valence-corrected chi connectivity index (χ4v) is 2.92. The van der Waals surface area contributed by atoms with Gasteiger partial charge in [0.15, 0.2) is 0 Å². The van der Waals surface area contributed by atoms with E-state index in [0.29, 0.717) is 6.54 Å². The van der Waals surface area contributed by atoms with Crippen molar-refractivity contribution < 1.29 is 0 Å². The molecule has 0 aliphatic heterocycles. The average molecular weight is 347 g/mol. The average Bonchev–Trinajstić information content (AvgIpc) is 2.46. The van der Waals surface area contributed by atoms with Crippen LogP contribution >= 0.6 is 15.9 Å². The summed E-state index contributed by atoms with van der Waals surface area (Å²) in [6.45, 7) is 5.80. The second-order valence-corrected chi connectivity index (χ2v) is 6.57. The molecule has 0 bridgehead atoms. The molecule has 2 aromatic carbocycles. The van der Waals surface area contributed by atoms with Crippen LogP contribution in [0.4, 0.5) is 0 Å². The Balaban J connectivity index is 2.20. The van der Waals surface area contributed by atoms with E-state index in [9.17, 15) is 0 Å². The Labute approximate surface area is 136 Å². The number of nitrogens with zero attached hydrogens (tertiary/aromatic N) is 1. The summed E-state index contributed by atoms with van der Waals surface area (Å²) in [6.07, 6.45) is 0. The van der Waals surface area contributed by atoms with Crippen LogP contribution in [-0.2, 0) is 6.54 Å². The Bertz CT molecular complexity index is 593. The first kappa shape index (κ1) is 16.2. The Morgan fingerprint density at radius 3 is 2.38 bits per heavy atom. The van der Waals surface area contributed by atoms with Crippen molar-refractivity contribution in [3.63, 3.8) is 0 Å². The van der Waals surface area contributed by atoms with Crippen LogP contribution in [0.2, 0.25) is 0 Å². The molecule has 0 amide bonds. The third kappa shape index (κ3) is 4.16. The van der Waals surface area contributed by atoms with Crippen molar-refractivity contribution in [3.05, 3.63) is 69.2 Å². The molecule has 0 aromatic heterocycles. The van der Waals surface area contributed by atoms with Gasteiger partial charge in [0.05, 0.1) is 0 Å². The number of hydrogen-bond donors (Lipinski definition) is 1. The first-order valence-corrected chi connectivity index (χ1v) is 8.02. The summed E-state index contributed by atoms with van der Waals surface area (Å²) in [4.78, 5) is 2.32. The highest BCUT2D eigenvalue weighted by atomic mass is 79.9. The smallest absolute Gasteiger partial charge is 0.0473 e. The molecule has 0 radical (unpaired) electrons. The van der Waals surface area contributed by atoms with Gasteiger partial charge in [-0.05, 0) is 49.7 Å². The van der Waals surface area contributed by atoms with Gasteiger partial charge in [0.1, 0.15) is 0 Å². The fraction of sp³-hybridized carbons (Fsp3) is 0.333. The number of hydrogen-bond acceptors (Lipinski definition) is 2. The molecule has 0 spiro atoms. The minimum Gasteiger partial charge on any atom is -0.329 e. The lowest BCUT2D eigenvalue weighted by atomic mass is 9.97. The van der Waals surface area contributed by atoms with Gasteiger partial charge in [0.25, 0.3) is 0 Å². The Morgan fingerprint density at radius 1 is 1.10 bits per heavy atom. The maximum atomic E-state index is 6.05. The highest BCUT2D eigenvalue weighted by Gasteiger charge is 2.17. The summed E-state index contributed by atoms with van der Waals surface area (Å²) in [5.74, 6) is 0. The van der Waals surface area contributed by atoms with Gasteiger partial charge in [0.2, 0.25) is 0 Å². The van der Waals surface area contributed by atoms with E-state index < -0.39 is 0 Å². The quantitative estimate of drug-likeness (QED) is 0.878. The van der Waals surface area contributed by atoms with Crippen molar-refractivity contribution in [2.75, 3.05) is 13.6 Å². The lowest BCUT2D eigenvalue weighted by Gasteiger charge is -2.29. The van der Waals surface area contributed by atoms with E-state index >= 15 is 0 Å². The van der Waals surface area contributed by atoms with Gasteiger partial charge in [-0.25, -0.2) is 0 Å². The monoisotopic (exact) mass is 346 g/mol.